The lowest BCUT2D eigenvalue weighted by atomic mass is 9.85. The molecule has 2 aromatic rings. The van der Waals surface area contributed by atoms with Gasteiger partial charge in [-0.3, -0.25) is 28.8 Å². The molecule has 4 rings (SSSR count). The van der Waals surface area contributed by atoms with Gasteiger partial charge >= 0.3 is 0 Å². The summed E-state index contributed by atoms with van der Waals surface area (Å²) in [5.74, 6) is -3.95. The van der Waals surface area contributed by atoms with Crippen LogP contribution in [0.4, 0.5) is 0 Å². The fourth-order valence-electron chi connectivity index (χ4n) is 5.55. The Hall–Kier alpha value is -4.45. The van der Waals surface area contributed by atoms with E-state index in [2.05, 4.69) is 31.6 Å². The first-order chi connectivity index (χ1) is 23.2. The molecule has 0 unspecified atom stereocenters. The number of rotatable bonds is 3. The van der Waals surface area contributed by atoms with Crippen molar-refractivity contribution in [3.8, 4) is 10.4 Å². The normalized spacial score (nSPS) is 25.7. The first-order valence-electron chi connectivity index (χ1n) is 15.9. The predicted molar refractivity (Wildman–Crippen MR) is 179 cm³/mol. The summed E-state index contributed by atoms with van der Waals surface area (Å²) >= 11 is 1.45. The Balaban J connectivity index is 1.66. The smallest absolute Gasteiger partial charge is 0.247 e. The minimum Gasteiger partial charge on any atom is -0.391 e. The number of carbonyl (C=O) groups excluding carboxylic acids is 6. The van der Waals surface area contributed by atoms with Crippen molar-refractivity contribution in [1.82, 2.24) is 36.5 Å². The molecule has 0 radical (unpaired) electrons. The molecule has 1 aromatic heterocycles. The van der Waals surface area contributed by atoms with E-state index in [-0.39, 0.29) is 32.7 Å². The molecule has 17 heteroatoms. The van der Waals surface area contributed by atoms with E-state index in [1.165, 1.54) is 16.2 Å². The van der Waals surface area contributed by atoms with Gasteiger partial charge in [0, 0.05) is 26.1 Å². The number of nitrogens with one attached hydrogen (secondary N) is 5. The van der Waals surface area contributed by atoms with E-state index in [4.69, 9.17) is 10.5 Å². The maximum atomic E-state index is 13.9. The van der Waals surface area contributed by atoms with E-state index >= 15 is 0 Å². The van der Waals surface area contributed by atoms with Gasteiger partial charge in [0.25, 0.3) is 0 Å². The second kappa shape index (κ2) is 16.3. The number of benzene rings is 1. The Labute approximate surface area is 287 Å². The number of nitrogens with two attached hydrogens (primary N) is 1. The van der Waals surface area contributed by atoms with E-state index in [9.17, 15) is 33.9 Å². The van der Waals surface area contributed by atoms with Crippen LogP contribution in [-0.2, 0) is 33.5 Å². The molecule has 2 saturated heterocycles. The highest BCUT2D eigenvalue weighted by Crippen LogP contribution is 2.30. The Morgan fingerprint density at radius 2 is 1.69 bits per heavy atom. The SMILES string of the molecule is Cc1ncsc1-c1ccc([C@@H]2NC(=O)[C@@H]3C[C@@H](O)CN3C(=O)[C@H](C(C)(C)C)NC(=O)COCCNC(=O)[C@@H](CN)NC(=O)CNC2=O)cc1. The predicted octanol–water partition coefficient (Wildman–Crippen LogP) is -1.53. The lowest BCUT2D eigenvalue weighted by molar-refractivity contribution is -0.145. The maximum Gasteiger partial charge on any atom is 0.247 e. The summed E-state index contributed by atoms with van der Waals surface area (Å²) in [6.07, 6.45) is -1.14. The summed E-state index contributed by atoms with van der Waals surface area (Å²) in [5, 5.41) is 23.5. The van der Waals surface area contributed by atoms with Gasteiger partial charge in [-0.1, -0.05) is 45.0 Å². The van der Waals surface area contributed by atoms with Crippen LogP contribution in [0.1, 0.15) is 44.5 Å². The molecule has 2 fully saturated rings. The van der Waals surface area contributed by atoms with Crippen LogP contribution in [0, 0.1) is 12.3 Å². The Kier molecular flexibility index (Phi) is 12.4. The molecular weight excluding hydrogens is 656 g/mol. The number of hydrogen-bond donors (Lipinski definition) is 7. The van der Waals surface area contributed by atoms with Crippen LogP contribution in [0.15, 0.2) is 29.8 Å². The number of ether oxygens (including phenoxy) is 1. The molecule has 0 spiro atoms. The highest BCUT2D eigenvalue weighted by atomic mass is 32.1. The topological polar surface area (TPSA) is 234 Å². The number of aryl methyl sites for hydroxylation is 1. The first-order valence-corrected chi connectivity index (χ1v) is 16.8. The van der Waals surface area contributed by atoms with Gasteiger partial charge in [0.2, 0.25) is 35.4 Å². The van der Waals surface area contributed by atoms with Crippen LogP contribution >= 0.6 is 11.3 Å². The number of amides is 6. The molecule has 6 amide bonds. The number of hydrogen-bond acceptors (Lipinski definition) is 11. The Morgan fingerprint density at radius 3 is 2.33 bits per heavy atom. The van der Waals surface area contributed by atoms with Gasteiger partial charge in [-0.05, 0) is 23.5 Å². The van der Waals surface area contributed by atoms with Crippen molar-refractivity contribution >= 4 is 46.8 Å². The van der Waals surface area contributed by atoms with Crippen molar-refractivity contribution in [3.05, 3.63) is 41.0 Å². The molecular formula is C32H44N8O8S. The molecule has 2 aliphatic heterocycles. The van der Waals surface area contributed by atoms with Gasteiger partial charge in [-0.15, -0.1) is 11.3 Å². The van der Waals surface area contributed by atoms with Crippen LogP contribution in [0.3, 0.4) is 0 Å². The van der Waals surface area contributed by atoms with E-state index in [1.54, 1.807) is 50.5 Å². The van der Waals surface area contributed by atoms with Gasteiger partial charge in [0.05, 0.1) is 35.3 Å². The van der Waals surface area contributed by atoms with Gasteiger partial charge in [0.1, 0.15) is 30.8 Å². The molecule has 16 nitrogen and oxygen atoms in total. The number of aromatic nitrogens is 1. The minimum absolute atomic E-state index is 0.00100. The molecule has 0 aliphatic carbocycles. The molecule has 0 saturated carbocycles. The fourth-order valence-corrected chi connectivity index (χ4v) is 6.36. The van der Waals surface area contributed by atoms with Gasteiger partial charge in [0.15, 0.2) is 0 Å². The summed E-state index contributed by atoms with van der Waals surface area (Å²) in [7, 11) is 0. The average molecular weight is 701 g/mol. The van der Waals surface area contributed by atoms with Crippen molar-refractivity contribution in [3.63, 3.8) is 0 Å². The number of thiazole rings is 1. The van der Waals surface area contributed by atoms with Crippen molar-refractivity contribution in [2.75, 3.05) is 39.4 Å². The highest BCUT2D eigenvalue weighted by Gasteiger charge is 2.45. The van der Waals surface area contributed by atoms with E-state index < -0.39 is 84.3 Å². The van der Waals surface area contributed by atoms with E-state index in [0.717, 1.165) is 16.1 Å². The van der Waals surface area contributed by atoms with Crippen LogP contribution < -0.4 is 32.3 Å². The van der Waals surface area contributed by atoms with Crippen molar-refractivity contribution in [2.45, 2.75) is 64.4 Å². The standard InChI is InChI=1S/C32H44N8O8S/c1-17-26(49-16-36-17)19-7-5-18(6-8-19)25-30(46)35-13-23(42)37-21(12-33)28(44)34-9-10-48-15-24(43)38-27(32(2,3)4)31(47)40-14-20(41)11-22(40)29(45)39-25/h5-8,16,20-22,25,27,41H,9-15,33H2,1-4H3,(H,34,44)(H,35,46)(H,37,42)(H,38,43)(H,39,45)/t20-,21-,22+,25+,27-/m1/s1. The first kappa shape index (κ1) is 37.4. The number of carbonyl (C=O) groups is 6. The number of aliphatic hydroxyl groups excluding tert-OH is 1. The van der Waals surface area contributed by atoms with Crippen molar-refractivity contribution < 1.29 is 38.6 Å². The second-order valence-electron chi connectivity index (χ2n) is 13.0. The lowest BCUT2D eigenvalue weighted by Crippen LogP contribution is -2.58. The van der Waals surface area contributed by atoms with Crippen LogP contribution in [-0.4, -0.2) is 114 Å². The zero-order valence-electron chi connectivity index (χ0n) is 27.9. The summed E-state index contributed by atoms with van der Waals surface area (Å²) in [5.41, 5.74) is 8.68. The fraction of sp³-hybridized carbons (Fsp3) is 0.531. The highest BCUT2D eigenvalue weighted by molar-refractivity contribution is 7.13. The second-order valence-corrected chi connectivity index (χ2v) is 13.9. The third-order valence-electron chi connectivity index (χ3n) is 8.17. The zero-order chi connectivity index (χ0) is 35.9. The van der Waals surface area contributed by atoms with Crippen LogP contribution in [0.5, 0.6) is 0 Å². The monoisotopic (exact) mass is 700 g/mol. The molecule has 1 aromatic carbocycles. The zero-order valence-corrected chi connectivity index (χ0v) is 28.7. The summed E-state index contributed by atoms with van der Waals surface area (Å²) in [6, 6.07) is 2.19. The largest absolute Gasteiger partial charge is 0.391 e. The van der Waals surface area contributed by atoms with Crippen LogP contribution in [0.2, 0.25) is 0 Å². The summed E-state index contributed by atoms with van der Waals surface area (Å²) in [6.45, 7) is 5.70. The summed E-state index contributed by atoms with van der Waals surface area (Å²) < 4.78 is 5.38. The third kappa shape index (κ3) is 9.59. The van der Waals surface area contributed by atoms with E-state index in [1.807, 2.05) is 6.92 Å². The molecule has 3 heterocycles. The van der Waals surface area contributed by atoms with Crippen LogP contribution in [0.25, 0.3) is 10.4 Å². The molecule has 8 N–H and O–H groups in total. The quantitative estimate of drug-likeness (QED) is 0.195. The number of aliphatic hydroxyl groups is 1. The molecule has 0 bridgehead atoms. The summed E-state index contributed by atoms with van der Waals surface area (Å²) in [4.78, 5) is 86.1. The van der Waals surface area contributed by atoms with Gasteiger partial charge in [-0.2, -0.15) is 0 Å². The maximum absolute atomic E-state index is 13.9. The van der Waals surface area contributed by atoms with Gasteiger partial charge in [-0.25, -0.2) is 4.98 Å². The molecule has 49 heavy (non-hydrogen) atoms. The number of nitrogens with zero attached hydrogens (tertiary/aromatic N) is 2. The lowest BCUT2D eigenvalue weighted by Gasteiger charge is -2.35. The van der Waals surface area contributed by atoms with Crippen molar-refractivity contribution in [2.24, 2.45) is 11.1 Å². The Morgan fingerprint density at radius 1 is 0.980 bits per heavy atom. The minimum atomic E-state index is -1.32. The van der Waals surface area contributed by atoms with E-state index in [0.29, 0.717) is 5.56 Å². The molecule has 266 valence electrons. The molecule has 5 atom stereocenters. The number of fused-ring (bicyclic) bond motifs is 1. The Bertz CT molecular complexity index is 1540. The third-order valence-corrected chi connectivity index (χ3v) is 9.15. The average Bonchev–Trinajstić information content (AvgIpc) is 3.67. The molecule has 2 aliphatic rings. The van der Waals surface area contributed by atoms with Crippen molar-refractivity contribution in [1.29, 1.82) is 0 Å². The van der Waals surface area contributed by atoms with Gasteiger partial charge < -0.3 is 47.1 Å².